The molecule has 2 nitrogen and oxygen atoms in total. The predicted octanol–water partition coefficient (Wildman–Crippen LogP) is 3.44. The van der Waals surface area contributed by atoms with Gasteiger partial charge in [-0.2, -0.15) is 0 Å². The normalized spacial score (nSPS) is 14.1. The van der Waals surface area contributed by atoms with E-state index in [1.807, 2.05) is 6.08 Å². The molecule has 0 unspecified atom stereocenters. The Hall–Kier alpha value is -1.28. The van der Waals surface area contributed by atoms with E-state index in [-0.39, 0.29) is 0 Å². The van der Waals surface area contributed by atoms with Crippen molar-refractivity contribution in [1.29, 1.82) is 0 Å². The molecule has 0 saturated heterocycles. The molecule has 18 heavy (non-hydrogen) atoms. The van der Waals surface area contributed by atoms with Gasteiger partial charge in [0.15, 0.2) is 0 Å². The molecule has 1 heterocycles. The number of anilines is 1. The van der Waals surface area contributed by atoms with Gasteiger partial charge < -0.3 is 5.32 Å². The minimum atomic E-state index is 0.977. The number of nitrogens with zero attached hydrogens (tertiary/aromatic N) is 1. The molecule has 0 aliphatic carbocycles. The predicted molar refractivity (Wildman–Crippen MR) is 79.0 cm³/mol. The van der Waals surface area contributed by atoms with Crippen LogP contribution in [0.1, 0.15) is 30.9 Å². The maximum Gasteiger partial charge on any atom is 0.0375 e. The molecule has 1 aromatic rings. The average molecular weight is 244 g/mol. The van der Waals surface area contributed by atoms with E-state index in [2.05, 4.69) is 41.9 Å². The molecule has 1 aliphatic heterocycles. The Bertz CT molecular complexity index is 398. The highest BCUT2D eigenvalue weighted by molar-refractivity contribution is 5.56. The van der Waals surface area contributed by atoms with Crippen molar-refractivity contribution in [1.82, 2.24) is 4.90 Å². The molecule has 0 spiro atoms. The summed E-state index contributed by atoms with van der Waals surface area (Å²) in [4.78, 5) is 2.47. The van der Waals surface area contributed by atoms with E-state index < -0.39 is 0 Å². The standard InChI is InChI=1S/C16H24N2/c1-3-11-18(12-4-2)13-14-7-5-9-16-15(14)8-6-10-17-16/h3,5,7,9,17H,1,4,6,8,10-13H2,2H3. The fraction of sp³-hybridized carbons (Fsp3) is 0.500. The molecule has 0 radical (unpaired) electrons. The van der Waals surface area contributed by atoms with Crippen molar-refractivity contribution in [3.05, 3.63) is 42.0 Å². The quantitative estimate of drug-likeness (QED) is 0.771. The summed E-state index contributed by atoms with van der Waals surface area (Å²) in [6.45, 7) is 10.4. The lowest BCUT2D eigenvalue weighted by molar-refractivity contribution is 0.294. The first-order chi connectivity index (χ1) is 8.85. The van der Waals surface area contributed by atoms with Crippen LogP contribution in [-0.2, 0) is 13.0 Å². The smallest absolute Gasteiger partial charge is 0.0375 e. The highest BCUT2D eigenvalue weighted by Gasteiger charge is 2.13. The third-order valence-corrected chi connectivity index (χ3v) is 3.51. The van der Waals surface area contributed by atoms with Gasteiger partial charge in [-0.05, 0) is 43.0 Å². The molecular formula is C16H24N2. The van der Waals surface area contributed by atoms with Crippen LogP contribution < -0.4 is 5.32 Å². The molecule has 0 saturated carbocycles. The summed E-state index contributed by atoms with van der Waals surface area (Å²) < 4.78 is 0. The van der Waals surface area contributed by atoms with E-state index in [0.717, 1.165) is 26.2 Å². The van der Waals surface area contributed by atoms with Crippen LogP contribution in [0.25, 0.3) is 0 Å². The number of rotatable bonds is 6. The largest absolute Gasteiger partial charge is 0.385 e. The monoisotopic (exact) mass is 244 g/mol. The molecule has 0 fully saturated rings. The summed E-state index contributed by atoms with van der Waals surface area (Å²) >= 11 is 0. The second-order valence-corrected chi connectivity index (χ2v) is 5.00. The van der Waals surface area contributed by atoms with E-state index in [9.17, 15) is 0 Å². The third-order valence-electron chi connectivity index (χ3n) is 3.51. The van der Waals surface area contributed by atoms with Crippen LogP contribution in [0.2, 0.25) is 0 Å². The van der Waals surface area contributed by atoms with Crippen LogP contribution in [0.4, 0.5) is 5.69 Å². The zero-order valence-corrected chi connectivity index (χ0v) is 11.4. The minimum absolute atomic E-state index is 0.977. The summed E-state index contributed by atoms with van der Waals surface area (Å²) in [6.07, 6.45) is 5.66. The van der Waals surface area contributed by atoms with Gasteiger partial charge >= 0.3 is 0 Å². The molecule has 0 bridgehead atoms. The van der Waals surface area contributed by atoms with Crippen LogP contribution in [0, 0.1) is 0 Å². The van der Waals surface area contributed by atoms with Crippen molar-refractivity contribution in [2.45, 2.75) is 32.7 Å². The van der Waals surface area contributed by atoms with Gasteiger partial charge in [0, 0.05) is 25.3 Å². The van der Waals surface area contributed by atoms with Gasteiger partial charge in [-0.15, -0.1) is 6.58 Å². The Kier molecular flexibility index (Phi) is 4.82. The summed E-state index contributed by atoms with van der Waals surface area (Å²) in [6, 6.07) is 6.65. The van der Waals surface area contributed by atoms with Gasteiger partial charge in [0.05, 0.1) is 0 Å². The number of nitrogens with one attached hydrogen (secondary N) is 1. The maximum atomic E-state index is 3.86. The SMILES string of the molecule is C=CCN(CCC)Cc1cccc2c1CCCN2. The first-order valence-corrected chi connectivity index (χ1v) is 7.03. The Morgan fingerprint density at radius 3 is 3.11 bits per heavy atom. The lowest BCUT2D eigenvalue weighted by atomic mass is 9.97. The van der Waals surface area contributed by atoms with Crippen molar-refractivity contribution >= 4 is 5.69 Å². The molecular weight excluding hydrogens is 220 g/mol. The molecule has 2 rings (SSSR count). The molecule has 1 aromatic carbocycles. The second-order valence-electron chi connectivity index (χ2n) is 5.00. The molecule has 98 valence electrons. The first kappa shape index (κ1) is 13.2. The summed E-state index contributed by atoms with van der Waals surface area (Å²) in [5.74, 6) is 0. The summed E-state index contributed by atoms with van der Waals surface area (Å²) in [5, 5.41) is 3.50. The van der Waals surface area contributed by atoms with Gasteiger partial charge in [-0.25, -0.2) is 0 Å². The van der Waals surface area contributed by atoms with Gasteiger partial charge in [0.2, 0.25) is 0 Å². The van der Waals surface area contributed by atoms with E-state index in [1.54, 1.807) is 0 Å². The van der Waals surface area contributed by atoms with Gasteiger partial charge in [0.1, 0.15) is 0 Å². The Morgan fingerprint density at radius 2 is 2.33 bits per heavy atom. The van der Waals surface area contributed by atoms with Crippen molar-refractivity contribution in [3.63, 3.8) is 0 Å². The second kappa shape index (κ2) is 6.60. The van der Waals surface area contributed by atoms with Crippen LogP contribution >= 0.6 is 0 Å². The summed E-state index contributed by atoms with van der Waals surface area (Å²) in [5.41, 5.74) is 4.35. The molecule has 2 heteroatoms. The molecule has 0 atom stereocenters. The third kappa shape index (κ3) is 3.14. The van der Waals surface area contributed by atoms with E-state index in [1.165, 1.54) is 36.1 Å². The Morgan fingerprint density at radius 1 is 1.44 bits per heavy atom. The zero-order valence-electron chi connectivity index (χ0n) is 11.4. The van der Waals surface area contributed by atoms with Gasteiger partial charge in [-0.3, -0.25) is 4.90 Å². The number of hydrogen-bond donors (Lipinski definition) is 1. The van der Waals surface area contributed by atoms with E-state index in [0.29, 0.717) is 0 Å². The van der Waals surface area contributed by atoms with Crippen LogP contribution in [-0.4, -0.2) is 24.5 Å². The van der Waals surface area contributed by atoms with Crippen LogP contribution in [0.5, 0.6) is 0 Å². The fourth-order valence-corrected chi connectivity index (χ4v) is 2.71. The van der Waals surface area contributed by atoms with Crippen molar-refractivity contribution in [3.8, 4) is 0 Å². The lowest BCUT2D eigenvalue weighted by Crippen LogP contribution is -2.25. The number of fused-ring (bicyclic) bond motifs is 1. The maximum absolute atomic E-state index is 3.86. The Labute approximate surface area is 111 Å². The van der Waals surface area contributed by atoms with E-state index in [4.69, 9.17) is 0 Å². The van der Waals surface area contributed by atoms with Crippen molar-refractivity contribution < 1.29 is 0 Å². The Balaban J connectivity index is 2.14. The zero-order chi connectivity index (χ0) is 12.8. The average Bonchev–Trinajstić information content (AvgIpc) is 2.40. The minimum Gasteiger partial charge on any atom is -0.385 e. The molecule has 0 aromatic heterocycles. The topological polar surface area (TPSA) is 15.3 Å². The van der Waals surface area contributed by atoms with E-state index >= 15 is 0 Å². The van der Waals surface area contributed by atoms with Crippen molar-refractivity contribution in [2.24, 2.45) is 0 Å². The lowest BCUT2D eigenvalue weighted by Gasteiger charge is -2.25. The highest BCUT2D eigenvalue weighted by atomic mass is 15.1. The highest BCUT2D eigenvalue weighted by Crippen LogP contribution is 2.26. The molecule has 1 N–H and O–H groups in total. The number of hydrogen-bond acceptors (Lipinski definition) is 2. The van der Waals surface area contributed by atoms with Crippen LogP contribution in [0.3, 0.4) is 0 Å². The van der Waals surface area contributed by atoms with Gasteiger partial charge in [0.25, 0.3) is 0 Å². The number of benzene rings is 1. The molecule has 0 amide bonds. The summed E-state index contributed by atoms with van der Waals surface area (Å²) in [7, 11) is 0. The first-order valence-electron chi connectivity index (χ1n) is 7.03. The van der Waals surface area contributed by atoms with Crippen molar-refractivity contribution in [2.75, 3.05) is 25.0 Å². The molecule has 1 aliphatic rings. The van der Waals surface area contributed by atoms with Gasteiger partial charge in [-0.1, -0.05) is 25.1 Å². The van der Waals surface area contributed by atoms with Crippen LogP contribution in [0.15, 0.2) is 30.9 Å². The fourth-order valence-electron chi connectivity index (χ4n) is 2.71.